The molecule has 4 aromatic rings. The van der Waals surface area contributed by atoms with Crippen LogP contribution >= 0.6 is 11.3 Å². The Labute approximate surface area is 166 Å². The number of nitrogens with one attached hydrogen (secondary N) is 1. The molecule has 138 valence electrons. The number of aromatic nitrogens is 2. The van der Waals surface area contributed by atoms with E-state index in [1.165, 1.54) is 6.08 Å². The first-order valence-electron chi connectivity index (χ1n) is 8.70. The Kier molecular flexibility index (Phi) is 5.12. The summed E-state index contributed by atoms with van der Waals surface area (Å²) in [6.07, 6.45) is 6.57. The number of amides is 1. The number of para-hydroxylation sites is 1. The molecule has 0 aliphatic rings. The third kappa shape index (κ3) is 4.24. The molecule has 4 rings (SSSR count). The smallest absolute Gasteiger partial charge is 0.248 e. The Hall–Kier alpha value is -3.51. The van der Waals surface area contributed by atoms with Crippen molar-refractivity contribution in [3.63, 3.8) is 0 Å². The number of nitrogens with zero attached hydrogens (tertiary/aromatic N) is 2. The highest BCUT2D eigenvalue weighted by Gasteiger charge is 2.05. The fourth-order valence-corrected chi connectivity index (χ4v) is 3.54. The minimum absolute atomic E-state index is 0.209. The summed E-state index contributed by atoms with van der Waals surface area (Å²) in [6.45, 7) is 1.93. The zero-order chi connectivity index (χ0) is 19.3. The maximum Gasteiger partial charge on any atom is 0.248 e. The van der Waals surface area contributed by atoms with Crippen molar-refractivity contribution in [3.8, 4) is 11.5 Å². The fraction of sp³-hybridized carbons (Fsp3) is 0.0455. The van der Waals surface area contributed by atoms with Gasteiger partial charge in [0.15, 0.2) is 0 Å². The van der Waals surface area contributed by atoms with E-state index in [4.69, 9.17) is 4.74 Å². The minimum Gasteiger partial charge on any atom is -0.455 e. The second kappa shape index (κ2) is 8.02. The number of carbonyl (C=O) groups is 1. The standard InChI is InChI=1S/C22H17N3O2S/c1-15-13-16(8-9-19(15)27-17-5-4-12-23-14-17)24-21(26)10-11-22-25-18-6-2-3-7-20(18)28-22/h2-14H,1H3,(H,24,26)/b11-10+. The number of anilines is 1. The predicted molar refractivity (Wildman–Crippen MR) is 113 cm³/mol. The van der Waals surface area contributed by atoms with Gasteiger partial charge >= 0.3 is 0 Å². The van der Waals surface area contributed by atoms with Gasteiger partial charge in [-0.1, -0.05) is 12.1 Å². The van der Waals surface area contributed by atoms with E-state index in [2.05, 4.69) is 15.3 Å². The molecule has 0 atom stereocenters. The molecule has 1 amide bonds. The van der Waals surface area contributed by atoms with Crippen LogP contribution in [-0.2, 0) is 4.79 Å². The van der Waals surface area contributed by atoms with Gasteiger partial charge in [-0.3, -0.25) is 9.78 Å². The topological polar surface area (TPSA) is 64.1 Å². The number of thiazole rings is 1. The average molecular weight is 387 g/mol. The van der Waals surface area contributed by atoms with Crippen LogP contribution in [0.2, 0.25) is 0 Å². The molecule has 0 bridgehead atoms. The van der Waals surface area contributed by atoms with Gasteiger partial charge < -0.3 is 10.1 Å². The van der Waals surface area contributed by atoms with E-state index in [0.717, 1.165) is 26.5 Å². The van der Waals surface area contributed by atoms with Gasteiger partial charge in [0, 0.05) is 18.0 Å². The van der Waals surface area contributed by atoms with E-state index in [1.807, 2.05) is 61.5 Å². The summed E-state index contributed by atoms with van der Waals surface area (Å²) >= 11 is 1.55. The van der Waals surface area contributed by atoms with Crippen molar-refractivity contribution < 1.29 is 9.53 Å². The quantitative estimate of drug-likeness (QED) is 0.463. The third-order valence-electron chi connectivity index (χ3n) is 3.99. The molecule has 0 saturated carbocycles. The Morgan fingerprint density at radius 3 is 2.82 bits per heavy atom. The molecule has 6 heteroatoms. The van der Waals surface area contributed by atoms with Gasteiger partial charge in [0.25, 0.3) is 0 Å². The lowest BCUT2D eigenvalue weighted by atomic mass is 10.2. The summed E-state index contributed by atoms with van der Waals surface area (Å²) in [7, 11) is 0. The summed E-state index contributed by atoms with van der Waals surface area (Å²) in [6, 6.07) is 17.1. The van der Waals surface area contributed by atoms with Crippen molar-refractivity contribution in [1.29, 1.82) is 0 Å². The predicted octanol–water partition coefficient (Wildman–Crippen LogP) is 5.44. The number of ether oxygens (including phenoxy) is 1. The Bertz CT molecular complexity index is 1120. The zero-order valence-corrected chi connectivity index (χ0v) is 15.9. The van der Waals surface area contributed by atoms with Crippen molar-refractivity contribution in [2.24, 2.45) is 0 Å². The molecule has 0 spiro atoms. The number of hydrogen-bond acceptors (Lipinski definition) is 5. The van der Waals surface area contributed by atoms with Crippen LogP contribution in [0.1, 0.15) is 10.6 Å². The lowest BCUT2D eigenvalue weighted by Gasteiger charge is -2.10. The highest BCUT2D eigenvalue weighted by Crippen LogP contribution is 2.27. The molecule has 0 unspecified atom stereocenters. The van der Waals surface area contributed by atoms with Crippen molar-refractivity contribution in [3.05, 3.63) is 83.6 Å². The molecule has 0 aliphatic heterocycles. The summed E-state index contributed by atoms with van der Waals surface area (Å²) in [4.78, 5) is 20.7. The normalized spacial score (nSPS) is 11.0. The fourth-order valence-electron chi connectivity index (χ4n) is 2.67. The Morgan fingerprint density at radius 2 is 2.04 bits per heavy atom. The van der Waals surface area contributed by atoms with Gasteiger partial charge in [0.1, 0.15) is 16.5 Å². The van der Waals surface area contributed by atoms with E-state index in [0.29, 0.717) is 11.4 Å². The monoisotopic (exact) mass is 387 g/mol. The largest absolute Gasteiger partial charge is 0.455 e. The SMILES string of the molecule is Cc1cc(NC(=O)/C=C/c2nc3ccccc3s2)ccc1Oc1cccnc1. The van der Waals surface area contributed by atoms with Crippen LogP contribution in [0.3, 0.4) is 0 Å². The molecule has 2 aromatic carbocycles. The van der Waals surface area contributed by atoms with E-state index >= 15 is 0 Å². The van der Waals surface area contributed by atoms with E-state index < -0.39 is 0 Å². The first-order valence-corrected chi connectivity index (χ1v) is 9.52. The van der Waals surface area contributed by atoms with E-state index in [1.54, 1.807) is 29.8 Å². The molecular weight excluding hydrogens is 370 g/mol. The summed E-state index contributed by atoms with van der Waals surface area (Å²) in [5, 5.41) is 3.66. The van der Waals surface area contributed by atoms with Gasteiger partial charge in [-0.25, -0.2) is 4.98 Å². The Balaban J connectivity index is 1.42. The molecule has 0 radical (unpaired) electrons. The van der Waals surface area contributed by atoms with Crippen molar-refractivity contribution >= 4 is 39.2 Å². The molecule has 0 saturated heterocycles. The number of aryl methyl sites for hydroxylation is 1. The van der Waals surface area contributed by atoms with E-state index in [-0.39, 0.29) is 5.91 Å². The van der Waals surface area contributed by atoms with Crippen LogP contribution in [0.4, 0.5) is 5.69 Å². The Morgan fingerprint density at radius 1 is 1.14 bits per heavy atom. The average Bonchev–Trinajstić information content (AvgIpc) is 3.12. The number of pyridine rings is 1. The number of hydrogen-bond donors (Lipinski definition) is 1. The second-order valence-corrected chi connectivity index (χ2v) is 7.18. The second-order valence-electron chi connectivity index (χ2n) is 6.11. The van der Waals surface area contributed by atoms with Crippen molar-refractivity contribution in [2.75, 3.05) is 5.32 Å². The van der Waals surface area contributed by atoms with E-state index in [9.17, 15) is 4.79 Å². The molecule has 0 fully saturated rings. The van der Waals surface area contributed by atoms with Crippen molar-refractivity contribution in [2.45, 2.75) is 6.92 Å². The highest BCUT2D eigenvalue weighted by molar-refractivity contribution is 7.19. The third-order valence-corrected chi connectivity index (χ3v) is 4.99. The first kappa shape index (κ1) is 17.9. The van der Waals surface area contributed by atoms with Crippen LogP contribution in [0.15, 0.2) is 73.1 Å². The van der Waals surface area contributed by atoms with Gasteiger partial charge in [-0.2, -0.15) is 0 Å². The lowest BCUT2D eigenvalue weighted by Crippen LogP contribution is -2.07. The molecule has 5 nitrogen and oxygen atoms in total. The lowest BCUT2D eigenvalue weighted by molar-refractivity contribution is -0.111. The number of fused-ring (bicyclic) bond motifs is 1. The molecule has 1 N–H and O–H groups in total. The summed E-state index contributed by atoms with van der Waals surface area (Å²) < 4.78 is 6.91. The van der Waals surface area contributed by atoms with Gasteiger partial charge in [-0.15, -0.1) is 11.3 Å². The van der Waals surface area contributed by atoms with Crippen LogP contribution in [0, 0.1) is 6.92 Å². The van der Waals surface area contributed by atoms with Crippen LogP contribution in [0.25, 0.3) is 16.3 Å². The number of carbonyl (C=O) groups excluding carboxylic acids is 1. The summed E-state index contributed by atoms with van der Waals surface area (Å²) in [5.74, 6) is 1.18. The zero-order valence-electron chi connectivity index (χ0n) is 15.1. The maximum absolute atomic E-state index is 12.2. The minimum atomic E-state index is -0.209. The van der Waals surface area contributed by atoms with Crippen LogP contribution in [-0.4, -0.2) is 15.9 Å². The van der Waals surface area contributed by atoms with Crippen LogP contribution < -0.4 is 10.1 Å². The van der Waals surface area contributed by atoms with Crippen LogP contribution in [0.5, 0.6) is 11.5 Å². The maximum atomic E-state index is 12.2. The first-order chi connectivity index (χ1) is 13.7. The number of rotatable bonds is 5. The highest BCUT2D eigenvalue weighted by atomic mass is 32.1. The van der Waals surface area contributed by atoms with Gasteiger partial charge in [-0.05, 0) is 61.0 Å². The molecule has 2 aromatic heterocycles. The molecule has 0 aliphatic carbocycles. The van der Waals surface area contributed by atoms with Gasteiger partial charge in [0.2, 0.25) is 5.91 Å². The summed E-state index contributed by atoms with van der Waals surface area (Å²) in [5.41, 5.74) is 2.55. The van der Waals surface area contributed by atoms with Crippen molar-refractivity contribution in [1.82, 2.24) is 9.97 Å². The molecule has 28 heavy (non-hydrogen) atoms. The van der Waals surface area contributed by atoms with Gasteiger partial charge in [0.05, 0.1) is 16.4 Å². The molecular formula is C22H17N3O2S. The molecule has 2 heterocycles. The number of benzene rings is 2.